The third kappa shape index (κ3) is 6.64. The fourth-order valence-electron chi connectivity index (χ4n) is 9.36. The molecule has 0 amide bonds. The fourth-order valence-corrected chi connectivity index (χ4v) is 10.6. The molecule has 0 fully saturated rings. The zero-order valence-corrected chi connectivity index (χ0v) is 34.2. The molecule has 0 N–H and O–H groups in total. The second-order valence-electron chi connectivity index (χ2n) is 15.5. The molecule has 1 aliphatic rings. The molecule has 1 aliphatic heterocycles. The van der Waals surface area contributed by atoms with Gasteiger partial charge in [0.2, 0.25) is 11.4 Å². The number of allylic oxidation sites excluding steroid dienone is 4. The Hall–Kier alpha value is -4.78. The summed E-state index contributed by atoms with van der Waals surface area (Å²) in [6, 6.07) is 32.0. The van der Waals surface area contributed by atoms with Crippen LogP contribution in [-0.4, -0.2) is 0 Å². The number of pyridine rings is 2. The Labute approximate surface area is 327 Å². The lowest BCUT2D eigenvalue weighted by Crippen LogP contribution is -2.56. The molecule has 2 nitrogen and oxygen atoms in total. The quantitative estimate of drug-likeness (QED) is 0.0875. The van der Waals surface area contributed by atoms with Crippen molar-refractivity contribution in [3.8, 4) is 34.7 Å². The fraction of sp³-hybridized carbons (Fsp3) is 0.333. The largest absolute Gasteiger partial charge is 0.221 e. The lowest BCUT2D eigenvalue weighted by molar-refractivity contribution is -0.755. The first-order valence-electron chi connectivity index (χ1n) is 20.2. The van der Waals surface area contributed by atoms with Crippen molar-refractivity contribution in [2.24, 2.45) is 5.41 Å². The van der Waals surface area contributed by atoms with Gasteiger partial charge in [0.15, 0.2) is 25.0 Å². The molecule has 54 heavy (non-hydrogen) atoms. The van der Waals surface area contributed by atoms with Crippen molar-refractivity contribution in [1.82, 2.24) is 0 Å². The smallest absolute Gasteiger partial charge is 0.198 e. The summed E-state index contributed by atoms with van der Waals surface area (Å²) < 4.78 is 7.82. The number of hydrogen-bond acceptors (Lipinski definition) is 1. The highest BCUT2D eigenvalue weighted by Crippen LogP contribution is 2.51. The molecule has 7 rings (SSSR count). The predicted molar refractivity (Wildman–Crippen MR) is 232 cm³/mol. The second-order valence-corrected chi connectivity index (χ2v) is 16.6. The van der Waals surface area contributed by atoms with Gasteiger partial charge < -0.3 is 0 Å². The molecular weight excluding hydrogens is 673 g/mol. The van der Waals surface area contributed by atoms with Gasteiger partial charge in [-0.15, -0.1) is 17.8 Å². The highest BCUT2D eigenvalue weighted by molar-refractivity contribution is 7.25. The summed E-state index contributed by atoms with van der Waals surface area (Å²) in [7, 11) is 0. The third-order valence-corrected chi connectivity index (χ3v) is 13.5. The van der Waals surface area contributed by atoms with E-state index in [1.807, 2.05) is 11.3 Å². The summed E-state index contributed by atoms with van der Waals surface area (Å²) in [6.45, 7) is 16.9. The number of benzene rings is 3. The van der Waals surface area contributed by atoms with Crippen LogP contribution >= 0.6 is 11.3 Å². The van der Waals surface area contributed by atoms with Crippen LogP contribution in [0.3, 0.4) is 0 Å². The standard InChI is InChI=1S/C51H56N2S/c1-9-14-21-36(7)41-33-47-39(11-3)45(20-10-2)51(12-4,13-5)50(53(47)34-44(41)38-22-16-15-17-23-38)27-29-52-28-26-35(6)30-46(52)42-32-43-40-24-18-19-25-48(40)54-49(43)31-37(42)8/h3,10,15-20,22-26,28,30-34,36,50H,9,12-14,21,27,29H2,1-2,4-8H3/q+2. The van der Waals surface area contributed by atoms with Crippen LogP contribution in [0.1, 0.15) is 107 Å². The summed E-state index contributed by atoms with van der Waals surface area (Å²) >= 11 is 1.89. The maximum Gasteiger partial charge on any atom is 0.221 e. The molecule has 0 radical (unpaired) electrons. The number of terminal acetylenes is 1. The van der Waals surface area contributed by atoms with Gasteiger partial charge in [0.25, 0.3) is 0 Å². The van der Waals surface area contributed by atoms with Gasteiger partial charge in [-0.2, -0.15) is 9.13 Å². The van der Waals surface area contributed by atoms with Crippen molar-refractivity contribution < 1.29 is 9.13 Å². The highest BCUT2D eigenvalue weighted by Gasteiger charge is 2.51. The van der Waals surface area contributed by atoms with Gasteiger partial charge in [0.05, 0.1) is 17.4 Å². The Morgan fingerprint density at radius 3 is 2.35 bits per heavy atom. The summed E-state index contributed by atoms with van der Waals surface area (Å²) in [5, 5.41) is 2.69. The van der Waals surface area contributed by atoms with Crippen molar-refractivity contribution in [2.75, 3.05) is 0 Å². The Morgan fingerprint density at radius 1 is 0.870 bits per heavy atom. The molecule has 3 heteroatoms. The number of nitrogens with zero attached hydrogens (tertiary/aromatic N) is 2. The number of aromatic nitrogens is 2. The highest BCUT2D eigenvalue weighted by atomic mass is 32.1. The normalized spacial score (nSPS) is 15.9. The van der Waals surface area contributed by atoms with E-state index in [9.17, 15) is 0 Å². The molecule has 0 saturated heterocycles. The SMILES string of the molecule is C#CC1=C(C=CC)C(CC)(CC)C(CC[n+]2ccc(C)cc2-c2cc3c(cc2C)sc2ccccc23)[n+]2cc(-c3ccccc3)c(C(C)CCCC)cc21. The Morgan fingerprint density at radius 2 is 1.63 bits per heavy atom. The average molecular weight is 729 g/mol. The molecule has 2 unspecified atom stereocenters. The number of fused-ring (bicyclic) bond motifs is 4. The van der Waals surface area contributed by atoms with Crippen LogP contribution in [0.25, 0.3) is 48.1 Å². The van der Waals surface area contributed by atoms with E-state index in [2.05, 4.69) is 173 Å². The predicted octanol–water partition coefficient (Wildman–Crippen LogP) is 13.3. The van der Waals surface area contributed by atoms with E-state index in [1.165, 1.54) is 83.4 Å². The van der Waals surface area contributed by atoms with E-state index in [0.717, 1.165) is 37.8 Å². The molecule has 3 aromatic carbocycles. The van der Waals surface area contributed by atoms with Gasteiger partial charge >= 0.3 is 0 Å². The van der Waals surface area contributed by atoms with Crippen LogP contribution in [0.4, 0.5) is 0 Å². The number of rotatable bonds is 12. The first-order chi connectivity index (χ1) is 26.3. The minimum absolute atomic E-state index is 0.120. The molecule has 3 aromatic heterocycles. The minimum Gasteiger partial charge on any atom is -0.198 e. The van der Waals surface area contributed by atoms with Crippen LogP contribution in [0.15, 0.2) is 115 Å². The molecule has 0 saturated carbocycles. The first kappa shape index (κ1) is 37.5. The van der Waals surface area contributed by atoms with Crippen molar-refractivity contribution >= 4 is 37.1 Å². The topological polar surface area (TPSA) is 7.76 Å². The molecular formula is C51H56N2S+2. The van der Waals surface area contributed by atoms with Crippen LogP contribution in [-0.2, 0) is 6.54 Å². The van der Waals surface area contributed by atoms with Crippen molar-refractivity contribution in [2.45, 2.75) is 105 Å². The summed E-state index contributed by atoms with van der Waals surface area (Å²) in [5.74, 6) is 3.67. The molecule has 6 aromatic rings. The monoisotopic (exact) mass is 728 g/mol. The number of hydrogen-bond donors (Lipinski definition) is 0. The maximum absolute atomic E-state index is 6.56. The van der Waals surface area contributed by atoms with Crippen LogP contribution < -0.4 is 9.13 Å². The molecule has 2 atom stereocenters. The molecule has 274 valence electrons. The summed E-state index contributed by atoms with van der Waals surface area (Å²) in [4.78, 5) is 0. The van der Waals surface area contributed by atoms with Gasteiger partial charge in [-0.25, -0.2) is 0 Å². The number of aryl methyl sites for hydroxylation is 3. The summed E-state index contributed by atoms with van der Waals surface area (Å²) in [6.07, 6.45) is 22.4. The van der Waals surface area contributed by atoms with Crippen molar-refractivity contribution in [3.05, 3.63) is 137 Å². The van der Waals surface area contributed by atoms with E-state index in [4.69, 9.17) is 6.42 Å². The average Bonchev–Trinajstić information content (AvgIpc) is 3.56. The lowest BCUT2D eigenvalue weighted by atomic mass is 9.64. The van der Waals surface area contributed by atoms with E-state index < -0.39 is 0 Å². The van der Waals surface area contributed by atoms with Crippen molar-refractivity contribution in [1.29, 1.82) is 0 Å². The molecule has 4 heterocycles. The number of thiophene rings is 1. The Kier molecular flexibility index (Phi) is 11.1. The molecule has 0 bridgehead atoms. The first-order valence-corrected chi connectivity index (χ1v) is 21.0. The second kappa shape index (κ2) is 15.9. The Bertz CT molecular complexity index is 2410. The van der Waals surface area contributed by atoms with Crippen LogP contribution in [0.2, 0.25) is 0 Å². The van der Waals surface area contributed by atoms with Crippen molar-refractivity contribution in [3.63, 3.8) is 0 Å². The van der Waals surface area contributed by atoms with Crippen LogP contribution in [0, 0.1) is 31.6 Å². The van der Waals surface area contributed by atoms with E-state index in [-0.39, 0.29) is 11.5 Å². The van der Waals surface area contributed by atoms with E-state index in [1.54, 1.807) is 0 Å². The van der Waals surface area contributed by atoms with E-state index in [0.29, 0.717) is 5.92 Å². The zero-order valence-electron chi connectivity index (χ0n) is 33.4. The van der Waals surface area contributed by atoms with E-state index >= 15 is 0 Å². The van der Waals surface area contributed by atoms with Gasteiger partial charge in [0, 0.05) is 49.5 Å². The lowest BCUT2D eigenvalue weighted by Gasteiger charge is -2.41. The zero-order chi connectivity index (χ0) is 38.0. The van der Waals surface area contributed by atoms with Crippen LogP contribution in [0.5, 0.6) is 0 Å². The molecule has 0 spiro atoms. The van der Waals surface area contributed by atoms with Gasteiger partial charge in [-0.05, 0) is 92.0 Å². The number of unbranched alkanes of at least 4 members (excludes halogenated alkanes) is 1. The van der Waals surface area contributed by atoms with Gasteiger partial charge in [0.1, 0.15) is 0 Å². The van der Waals surface area contributed by atoms with Gasteiger partial charge in [-0.3, -0.25) is 0 Å². The maximum atomic E-state index is 6.56. The summed E-state index contributed by atoms with van der Waals surface area (Å²) in [5.41, 5.74) is 12.6. The third-order valence-electron chi connectivity index (χ3n) is 12.4. The molecule has 0 aliphatic carbocycles. The minimum atomic E-state index is -0.120. The Balaban J connectivity index is 1.40. The van der Waals surface area contributed by atoms with Gasteiger partial charge in [-0.1, -0.05) is 107 Å².